The molecule has 0 fully saturated rings. The van der Waals surface area contributed by atoms with Crippen molar-refractivity contribution in [1.82, 2.24) is 0 Å². The maximum Gasteiger partial charge on any atom is -0.0103 e. The van der Waals surface area contributed by atoms with E-state index in [1.807, 2.05) is 0 Å². The number of hydrogen-bond donors (Lipinski definition) is 0. The Morgan fingerprint density at radius 3 is 0.817 bits per heavy atom. The van der Waals surface area contributed by atoms with E-state index in [2.05, 4.69) is 367 Å². The quantitative estimate of drug-likeness (QED) is 0.135. The fourth-order valence-electron chi connectivity index (χ4n) is 10.5. The zero-order valence-electron chi connectivity index (χ0n) is 47.3. The normalized spacial score (nSPS) is 10.4. The van der Waals surface area contributed by atoms with Crippen LogP contribution in [0.1, 0.15) is 22.3 Å². The van der Waals surface area contributed by atoms with Gasteiger partial charge in [-0.3, -0.25) is 0 Å². The van der Waals surface area contributed by atoms with E-state index in [-0.39, 0.29) is 0 Å². The summed E-state index contributed by atoms with van der Waals surface area (Å²) in [5.74, 6) is 0. The number of aryl methyl sites for hydroxylation is 3. The topological polar surface area (TPSA) is 0 Å². The summed E-state index contributed by atoms with van der Waals surface area (Å²) in [4.78, 5) is 0. The Morgan fingerprint density at radius 1 is 0.146 bits per heavy atom. The van der Waals surface area contributed by atoms with Gasteiger partial charge in [0.1, 0.15) is 0 Å². The summed E-state index contributed by atoms with van der Waals surface area (Å²) in [6, 6.07) is 120. The highest BCUT2D eigenvalue weighted by Gasteiger charge is 2.13. The molecule has 0 aromatic heterocycles. The zero-order valence-corrected chi connectivity index (χ0v) is 47.3. The molecule has 0 bridgehead atoms. The molecule has 0 unspecified atom stereocenters. The van der Waals surface area contributed by atoms with Gasteiger partial charge in [0.05, 0.1) is 0 Å². The van der Waals surface area contributed by atoms with Crippen LogP contribution in [0.3, 0.4) is 0 Å². The summed E-state index contributed by atoms with van der Waals surface area (Å²) in [6.45, 7) is 8.70. The van der Waals surface area contributed by atoms with Crippen LogP contribution >= 0.6 is 0 Å². The fourth-order valence-corrected chi connectivity index (χ4v) is 10.5. The Bertz CT molecular complexity index is 3980. The molecule has 0 aliphatic rings. The van der Waals surface area contributed by atoms with Crippen molar-refractivity contribution in [2.24, 2.45) is 0 Å². The van der Waals surface area contributed by atoms with Crippen molar-refractivity contribution in [1.29, 1.82) is 0 Å². The van der Waals surface area contributed by atoms with Crippen LogP contribution in [0.2, 0.25) is 0 Å². The molecule has 0 nitrogen and oxygen atoms in total. The molecule has 0 heterocycles. The van der Waals surface area contributed by atoms with Crippen molar-refractivity contribution >= 4 is 0 Å². The van der Waals surface area contributed by atoms with Crippen molar-refractivity contribution in [2.45, 2.75) is 27.7 Å². The number of hydrogen-bond acceptors (Lipinski definition) is 0. The predicted molar refractivity (Wildman–Crippen MR) is 354 cm³/mol. The third-order valence-electron chi connectivity index (χ3n) is 14.9. The summed E-state index contributed by atoms with van der Waals surface area (Å²) < 4.78 is 0. The highest BCUT2D eigenvalue weighted by Crippen LogP contribution is 2.38. The fraction of sp³-hybridized carbons (Fsp3) is 0.0488. The van der Waals surface area contributed by atoms with Crippen LogP contribution in [0.5, 0.6) is 0 Å². The summed E-state index contributed by atoms with van der Waals surface area (Å²) in [7, 11) is 0. The third kappa shape index (κ3) is 14.2. The van der Waals surface area contributed by atoms with Crippen LogP contribution in [-0.4, -0.2) is 0 Å². The van der Waals surface area contributed by atoms with E-state index in [4.69, 9.17) is 0 Å². The first-order chi connectivity index (χ1) is 40.4. The van der Waals surface area contributed by atoms with Gasteiger partial charge in [-0.15, -0.1) is 0 Å². The van der Waals surface area contributed by atoms with Gasteiger partial charge in [0.2, 0.25) is 0 Å². The van der Waals surface area contributed by atoms with Crippen LogP contribution in [0.25, 0.3) is 100 Å². The van der Waals surface area contributed by atoms with Gasteiger partial charge in [-0.2, -0.15) is 0 Å². The zero-order chi connectivity index (χ0) is 56.3. The van der Waals surface area contributed by atoms with Gasteiger partial charge in [-0.05, 0) is 163 Å². The van der Waals surface area contributed by atoms with E-state index in [0.717, 1.165) is 0 Å². The molecule has 0 aliphatic heterocycles. The molecule has 13 aromatic rings. The summed E-state index contributed by atoms with van der Waals surface area (Å²) in [5.41, 5.74) is 28.2. The van der Waals surface area contributed by atoms with E-state index in [1.54, 1.807) is 0 Å². The van der Waals surface area contributed by atoms with Crippen molar-refractivity contribution in [3.8, 4) is 100 Å². The summed E-state index contributed by atoms with van der Waals surface area (Å²) in [5, 5.41) is 0. The molecule has 0 amide bonds. The molecule has 0 saturated heterocycles. The summed E-state index contributed by atoms with van der Waals surface area (Å²) in [6.07, 6.45) is 0. The SMILES string of the molecule is Cc1c(-c2ccccc2)cc(-c2ccccc2)cc1-c1ccccc1.Cc1cc(-c2ccccc2)ccc1-c1ccccc1.Cc1ccc(-c2ccccc2)c(-c2ccccc2)c1.Cc1ccc(-c2ccccc2)cc1-c1ccccc1. The maximum absolute atomic E-state index is 2.31. The first kappa shape index (κ1) is 55.2. The van der Waals surface area contributed by atoms with Gasteiger partial charge in [0.15, 0.2) is 0 Å². The van der Waals surface area contributed by atoms with Crippen LogP contribution in [0.4, 0.5) is 0 Å². The molecule has 0 N–H and O–H groups in total. The minimum atomic E-state index is 1.25. The van der Waals surface area contributed by atoms with Crippen molar-refractivity contribution in [2.75, 3.05) is 0 Å². The van der Waals surface area contributed by atoms with Crippen molar-refractivity contribution in [3.63, 3.8) is 0 Å². The van der Waals surface area contributed by atoms with E-state index < -0.39 is 0 Å². The van der Waals surface area contributed by atoms with Gasteiger partial charge < -0.3 is 0 Å². The van der Waals surface area contributed by atoms with E-state index in [9.17, 15) is 0 Å². The second-order valence-corrected chi connectivity index (χ2v) is 20.6. The van der Waals surface area contributed by atoms with E-state index in [0.29, 0.717) is 0 Å². The lowest BCUT2D eigenvalue weighted by molar-refractivity contribution is 1.44. The van der Waals surface area contributed by atoms with Crippen molar-refractivity contribution in [3.05, 3.63) is 362 Å². The second-order valence-electron chi connectivity index (χ2n) is 20.6. The third-order valence-corrected chi connectivity index (χ3v) is 14.9. The smallest absolute Gasteiger partial charge is 0.0103 e. The lowest BCUT2D eigenvalue weighted by Gasteiger charge is -2.16. The molecule has 13 rings (SSSR count). The molecule has 13 aromatic carbocycles. The van der Waals surface area contributed by atoms with Gasteiger partial charge in [-0.1, -0.05) is 327 Å². The van der Waals surface area contributed by atoms with Crippen molar-refractivity contribution < 1.29 is 0 Å². The Balaban J connectivity index is 0.000000123. The highest BCUT2D eigenvalue weighted by molar-refractivity contribution is 5.86. The van der Waals surface area contributed by atoms with Crippen LogP contribution in [-0.2, 0) is 0 Å². The number of rotatable bonds is 9. The molecule has 0 radical (unpaired) electrons. The largest absolute Gasteiger partial charge is 0.0622 e. The lowest BCUT2D eigenvalue weighted by Crippen LogP contribution is -1.91. The Morgan fingerprint density at radius 2 is 0.427 bits per heavy atom. The van der Waals surface area contributed by atoms with Crippen LogP contribution < -0.4 is 0 Å². The lowest BCUT2D eigenvalue weighted by atomic mass is 9.88. The standard InChI is InChI=1S/C25H20.3C19H16/c1-19-24(21-13-7-3-8-14-21)17-23(20-11-5-2-6-12-20)18-25(19)22-15-9-4-10-16-22;1-15-14-18(16-8-4-2-5-9-16)12-13-19(15)17-10-6-3-7-11-17;1-15-12-13-18(16-8-4-2-5-9-16)14-19(15)17-10-6-3-7-11-17;1-15-12-13-18(16-8-4-2-5-9-16)19(14-15)17-10-6-3-7-11-17/h2-18H,1H3;3*2-14H,1H3. The summed E-state index contributed by atoms with van der Waals surface area (Å²) >= 11 is 0. The highest BCUT2D eigenvalue weighted by atomic mass is 14.2. The van der Waals surface area contributed by atoms with Gasteiger partial charge in [-0.25, -0.2) is 0 Å². The van der Waals surface area contributed by atoms with Crippen LogP contribution in [0.15, 0.2) is 340 Å². The molecule has 0 saturated carbocycles. The van der Waals surface area contributed by atoms with E-state index >= 15 is 0 Å². The molecule has 82 heavy (non-hydrogen) atoms. The average Bonchev–Trinajstić information content (AvgIpc) is 3.71. The average molecular weight is 1050 g/mol. The first-order valence-electron chi connectivity index (χ1n) is 28.3. The minimum absolute atomic E-state index is 1.25. The molecule has 0 spiro atoms. The van der Waals surface area contributed by atoms with E-state index in [1.165, 1.54) is 122 Å². The maximum atomic E-state index is 2.31. The molecule has 0 heteroatoms. The van der Waals surface area contributed by atoms with Gasteiger partial charge in [0, 0.05) is 0 Å². The van der Waals surface area contributed by atoms with Gasteiger partial charge in [0.25, 0.3) is 0 Å². The monoisotopic (exact) mass is 1050 g/mol. The Hall–Kier alpha value is -10.1. The molecule has 396 valence electrons. The predicted octanol–water partition coefficient (Wildman–Crippen LogP) is 23.0. The Kier molecular flexibility index (Phi) is 18.6. The van der Waals surface area contributed by atoms with Gasteiger partial charge >= 0.3 is 0 Å². The van der Waals surface area contributed by atoms with Crippen LogP contribution in [0, 0.1) is 27.7 Å². The molecular weight excluding hydrogens is 985 g/mol. The Labute approximate surface area is 487 Å². The molecule has 0 atom stereocenters. The second kappa shape index (κ2) is 27.6. The minimum Gasteiger partial charge on any atom is -0.0622 e. The molecular formula is C82H68. The first-order valence-corrected chi connectivity index (χ1v) is 28.3. The molecule has 0 aliphatic carbocycles. The number of benzene rings is 13.